The van der Waals surface area contributed by atoms with E-state index >= 15 is 0 Å². The van der Waals surface area contributed by atoms with Gasteiger partial charge in [-0.1, -0.05) is 0 Å². The van der Waals surface area contributed by atoms with Gasteiger partial charge in [0, 0.05) is 0 Å². The van der Waals surface area contributed by atoms with E-state index in [-0.39, 0.29) is 0 Å². The normalized spacial score (nSPS) is 4.25. The molecule has 0 bridgehead atoms. The van der Waals surface area contributed by atoms with Gasteiger partial charge in [-0.3, -0.25) is 0 Å². The summed E-state index contributed by atoms with van der Waals surface area (Å²) in [5, 5.41) is 0. The Morgan fingerprint density at radius 3 is 2.25 bits per heavy atom. The quantitative estimate of drug-likeness (QED) is 0.316. The van der Waals surface area contributed by atoms with Crippen molar-refractivity contribution in [2.75, 3.05) is 0 Å². The summed E-state index contributed by atoms with van der Waals surface area (Å²) >= 11 is 4.47. The van der Waals surface area contributed by atoms with E-state index in [2.05, 4.69) is 11.8 Å². The van der Waals surface area contributed by atoms with Crippen LogP contribution in [0.3, 0.4) is 0 Å². The van der Waals surface area contributed by atoms with Crippen molar-refractivity contribution in [2.45, 2.75) is 6.82 Å². The Hall–Kier alpha value is 0.715. The fourth-order valence-electron chi connectivity index (χ4n) is 0. The Labute approximate surface area is 32.9 Å². The van der Waals surface area contributed by atoms with Crippen LogP contribution in [0.4, 0.5) is 0 Å². The fraction of sp³-hybridized carbons (Fsp3) is 1.00. The third-order valence-corrected chi connectivity index (χ3v) is 0.949. The first-order chi connectivity index (χ1) is 1.91. The molecule has 0 amide bonds. The molecule has 0 spiro atoms. The topological polar surface area (TPSA) is 0 Å². The summed E-state index contributed by atoms with van der Waals surface area (Å²) in [7, 11) is 0. The summed E-state index contributed by atoms with van der Waals surface area (Å²) < 4.78 is 0. The molecule has 0 unspecified atom stereocenters. The second-order valence-electron chi connectivity index (χ2n) is 0.364. The first-order valence-electron chi connectivity index (χ1n) is 1.02. The van der Waals surface area contributed by atoms with E-state index in [1.54, 1.807) is 0 Å². The van der Waals surface area contributed by atoms with Gasteiger partial charge in [0.15, 0.2) is 0 Å². The van der Waals surface area contributed by atoms with Crippen LogP contribution >= 0.6 is 6.85 Å². The molecule has 0 rings (SSSR count). The number of hydrogen-bond donors (Lipinski definition) is 0. The van der Waals surface area contributed by atoms with Crippen LogP contribution in [0.5, 0.6) is 0 Å². The molecule has 0 aliphatic heterocycles. The third kappa shape index (κ3) is 2.71. The van der Waals surface area contributed by atoms with E-state index in [0.29, 0.717) is 0 Å². The van der Waals surface area contributed by atoms with Crippen LogP contribution in [-0.2, 0) is 11.8 Å². The van der Waals surface area contributed by atoms with Gasteiger partial charge in [0.2, 0.25) is 0 Å². The standard InChI is InChI=1S/CH3BPS/c1-2-3-4/h1H3/q+1. The van der Waals surface area contributed by atoms with Crippen molar-refractivity contribution in [1.82, 2.24) is 0 Å². The maximum atomic E-state index is 4.47. The van der Waals surface area contributed by atoms with Crippen molar-refractivity contribution in [2.24, 2.45) is 0 Å². The Bertz CT molecular complexity index is 46.0. The van der Waals surface area contributed by atoms with E-state index in [9.17, 15) is 0 Å². The molecule has 4 heavy (non-hydrogen) atoms. The van der Waals surface area contributed by atoms with Gasteiger partial charge >= 0.3 is 32.1 Å². The van der Waals surface area contributed by atoms with Crippen molar-refractivity contribution >= 4 is 25.3 Å². The second kappa shape index (κ2) is 3.71. The SMILES string of the molecule is CB=[P+]=S. The van der Waals surface area contributed by atoms with Crippen molar-refractivity contribution in [3.8, 4) is 0 Å². The molecular weight excluding hydrogens is 85.9 g/mol. The van der Waals surface area contributed by atoms with Gasteiger partial charge in [-0.25, -0.2) is 0 Å². The van der Waals surface area contributed by atoms with Gasteiger partial charge in [-0.05, 0) is 0 Å². The predicted octanol–water partition coefficient (Wildman–Crippen LogP) is 1.06. The van der Waals surface area contributed by atoms with Gasteiger partial charge < -0.3 is 0 Å². The molecule has 0 fully saturated rings. The van der Waals surface area contributed by atoms with Crippen LogP contribution in [0.25, 0.3) is 0 Å². The van der Waals surface area contributed by atoms with E-state index in [1.807, 2.05) is 13.4 Å². The van der Waals surface area contributed by atoms with Crippen molar-refractivity contribution < 1.29 is 0 Å². The van der Waals surface area contributed by atoms with Gasteiger partial charge in [0.25, 0.3) is 0 Å². The van der Waals surface area contributed by atoms with Crippen LogP contribution in [-0.4, -0.2) is 6.62 Å². The zero-order valence-corrected chi connectivity index (χ0v) is 4.14. The fourth-order valence-corrected chi connectivity index (χ4v) is 0. The minimum absolute atomic E-state index is 0.957. The van der Waals surface area contributed by atoms with Crippen molar-refractivity contribution in [1.29, 1.82) is 0 Å². The first kappa shape index (κ1) is 4.71. The summed E-state index contributed by atoms with van der Waals surface area (Å²) in [5.74, 6) is 0. The molecule has 20 valence electrons. The molecule has 0 aromatic carbocycles. The first-order valence-corrected chi connectivity index (χ1v) is 3.00. The molecule has 0 aliphatic carbocycles. The van der Waals surface area contributed by atoms with E-state index in [1.165, 1.54) is 0 Å². The Morgan fingerprint density at radius 2 is 2.25 bits per heavy atom. The minimum atomic E-state index is 0.957. The second-order valence-corrected chi connectivity index (χ2v) is 1.72. The monoisotopic (exact) mass is 89.0 g/mol. The van der Waals surface area contributed by atoms with Gasteiger partial charge in [0.1, 0.15) is 0 Å². The molecule has 0 N–H and O–H groups in total. The molecule has 0 saturated carbocycles. The van der Waals surface area contributed by atoms with E-state index < -0.39 is 0 Å². The molecule has 0 saturated heterocycles. The van der Waals surface area contributed by atoms with Crippen molar-refractivity contribution in [3.63, 3.8) is 0 Å². The van der Waals surface area contributed by atoms with Gasteiger partial charge in [0.05, 0.1) is 0 Å². The Kier molecular flexibility index (Phi) is 4.38. The maximum absolute atomic E-state index is 4.47. The molecule has 0 heterocycles. The molecule has 0 nitrogen and oxygen atoms in total. The number of rotatable bonds is 0. The summed E-state index contributed by atoms with van der Waals surface area (Å²) in [6.07, 6.45) is 0. The van der Waals surface area contributed by atoms with E-state index in [0.717, 1.165) is 6.85 Å². The van der Waals surface area contributed by atoms with Crippen LogP contribution in [0, 0.1) is 0 Å². The molecule has 0 atom stereocenters. The van der Waals surface area contributed by atoms with E-state index in [4.69, 9.17) is 0 Å². The summed E-state index contributed by atoms with van der Waals surface area (Å²) in [6, 6.07) is 0. The molecular formula is CH3BPS+. The van der Waals surface area contributed by atoms with Crippen LogP contribution in [0.2, 0.25) is 6.82 Å². The third-order valence-electron chi connectivity index (χ3n) is 0.105. The number of hydrogen-bond acceptors (Lipinski definition) is 1. The van der Waals surface area contributed by atoms with Crippen LogP contribution < -0.4 is 0 Å². The zero-order valence-electron chi connectivity index (χ0n) is 2.43. The molecule has 3 heteroatoms. The summed E-state index contributed by atoms with van der Waals surface area (Å²) in [6.45, 7) is 4.81. The molecule has 0 aliphatic rings. The predicted molar refractivity (Wildman–Crippen MR) is 25.9 cm³/mol. The Morgan fingerprint density at radius 1 is 2.00 bits per heavy atom. The summed E-state index contributed by atoms with van der Waals surface area (Å²) in [4.78, 5) is 0. The zero-order chi connectivity index (χ0) is 3.41. The van der Waals surface area contributed by atoms with Crippen LogP contribution in [0.15, 0.2) is 0 Å². The van der Waals surface area contributed by atoms with Gasteiger partial charge in [-0.2, -0.15) is 0 Å². The summed E-state index contributed by atoms with van der Waals surface area (Å²) in [5.41, 5.74) is 0. The molecule has 0 radical (unpaired) electrons. The van der Waals surface area contributed by atoms with Gasteiger partial charge in [-0.15, -0.1) is 0 Å². The molecule has 0 aromatic rings. The average Bonchev–Trinajstić information content (AvgIpc) is 1.37. The van der Waals surface area contributed by atoms with Crippen molar-refractivity contribution in [3.05, 3.63) is 0 Å². The molecule has 0 aromatic heterocycles. The average molecular weight is 88.9 g/mol. The van der Waals surface area contributed by atoms with Crippen LogP contribution in [0.1, 0.15) is 0 Å². The Balaban J connectivity index is 3.11.